The SMILES string of the molecule is CCCNc1nc(C)cc(NCC2(O)CCCC(C)C2)n1. The molecular weight excluding hydrogens is 264 g/mol. The van der Waals surface area contributed by atoms with Gasteiger partial charge in [0, 0.05) is 24.8 Å². The molecule has 0 amide bonds. The van der Waals surface area contributed by atoms with Crippen LogP contribution in [0.4, 0.5) is 11.8 Å². The van der Waals surface area contributed by atoms with Crippen LogP contribution >= 0.6 is 0 Å². The molecule has 0 bridgehead atoms. The summed E-state index contributed by atoms with van der Waals surface area (Å²) in [6.45, 7) is 7.71. The summed E-state index contributed by atoms with van der Waals surface area (Å²) in [5, 5.41) is 17.2. The van der Waals surface area contributed by atoms with Crippen LogP contribution in [-0.2, 0) is 0 Å². The molecule has 1 fully saturated rings. The second kappa shape index (κ2) is 7.07. The van der Waals surface area contributed by atoms with Crippen LogP contribution in [0.3, 0.4) is 0 Å². The first kappa shape index (κ1) is 16.0. The van der Waals surface area contributed by atoms with Gasteiger partial charge in [-0.1, -0.05) is 26.7 Å². The van der Waals surface area contributed by atoms with Crippen molar-refractivity contribution < 1.29 is 5.11 Å². The fourth-order valence-electron chi connectivity index (χ4n) is 3.02. The number of hydrogen-bond acceptors (Lipinski definition) is 5. The van der Waals surface area contributed by atoms with Crippen molar-refractivity contribution >= 4 is 11.8 Å². The van der Waals surface area contributed by atoms with Gasteiger partial charge in [-0.15, -0.1) is 0 Å². The summed E-state index contributed by atoms with van der Waals surface area (Å²) in [5.41, 5.74) is 0.322. The standard InChI is InChI=1S/C16H28N4O/c1-4-8-17-15-19-13(3)9-14(20-15)18-11-16(21)7-5-6-12(2)10-16/h9,12,21H,4-8,10-11H2,1-3H3,(H2,17,18,19,20). The van der Waals surface area contributed by atoms with E-state index in [0.717, 1.165) is 43.7 Å². The highest BCUT2D eigenvalue weighted by Gasteiger charge is 2.32. The lowest BCUT2D eigenvalue weighted by molar-refractivity contribution is -0.000829. The third kappa shape index (κ3) is 4.84. The zero-order chi connectivity index (χ0) is 15.3. The van der Waals surface area contributed by atoms with Gasteiger partial charge in [0.05, 0.1) is 5.60 Å². The minimum Gasteiger partial charge on any atom is -0.388 e. The number of nitrogens with zero attached hydrogens (tertiary/aromatic N) is 2. The molecule has 1 aromatic heterocycles. The first-order chi connectivity index (χ1) is 10.0. The van der Waals surface area contributed by atoms with Crippen molar-refractivity contribution in [3.8, 4) is 0 Å². The van der Waals surface area contributed by atoms with E-state index in [1.807, 2.05) is 13.0 Å². The van der Waals surface area contributed by atoms with Crippen molar-refractivity contribution in [1.82, 2.24) is 9.97 Å². The molecule has 1 saturated carbocycles. The van der Waals surface area contributed by atoms with Gasteiger partial charge < -0.3 is 15.7 Å². The Hall–Kier alpha value is -1.36. The van der Waals surface area contributed by atoms with Gasteiger partial charge in [0.15, 0.2) is 0 Å². The van der Waals surface area contributed by atoms with E-state index >= 15 is 0 Å². The molecule has 0 spiro atoms. The van der Waals surface area contributed by atoms with Gasteiger partial charge in [-0.3, -0.25) is 0 Å². The molecule has 0 aliphatic heterocycles. The lowest BCUT2D eigenvalue weighted by Gasteiger charge is -2.35. The normalized spacial score (nSPS) is 25.6. The third-order valence-electron chi connectivity index (χ3n) is 4.05. The number of hydrogen-bond donors (Lipinski definition) is 3. The number of anilines is 2. The van der Waals surface area contributed by atoms with Crippen LogP contribution in [0.5, 0.6) is 0 Å². The van der Waals surface area contributed by atoms with Crippen LogP contribution in [0.1, 0.15) is 51.6 Å². The maximum absolute atomic E-state index is 10.7. The van der Waals surface area contributed by atoms with Gasteiger partial charge in [0.1, 0.15) is 5.82 Å². The van der Waals surface area contributed by atoms with Gasteiger partial charge in [-0.25, -0.2) is 4.98 Å². The summed E-state index contributed by atoms with van der Waals surface area (Å²) < 4.78 is 0. The van der Waals surface area contributed by atoms with Gasteiger partial charge in [-0.05, 0) is 32.1 Å². The Labute approximate surface area is 127 Å². The van der Waals surface area contributed by atoms with Crippen molar-refractivity contribution in [2.45, 2.75) is 58.5 Å². The van der Waals surface area contributed by atoms with Crippen molar-refractivity contribution in [1.29, 1.82) is 0 Å². The molecule has 3 N–H and O–H groups in total. The van der Waals surface area contributed by atoms with Crippen LogP contribution < -0.4 is 10.6 Å². The van der Waals surface area contributed by atoms with E-state index < -0.39 is 5.60 Å². The Morgan fingerprint density at radius 1 is 1.38 bits per heavy atom. The Balaban J connectivity index is 1.97. The predicted molar refractivity (Wildman–Crippen MR) is 86.6 cm³/mol. The minimum absolute atomic E-state index is 0.557. The average Bonchev–Trinajstić information content (AvgIpc) is 2.42. The molecule has 0 aromatic carbocycles. The summed E-state index contributed by atoms with van der Waals surface area (Å²) >= 11 is 0. The van der Waals surface area contributed by atoms with Crippen molar-refractivity contribution in [3.05, 3.63) is 11.8 Å². The summed E-state index contributed by atoms with van der Waals surface area (Å²) in [7, 11) is 0. The minimum atomic E-state index is -0.604. The van der Waals surface area contributed by atoms with Crippen molar-refractivity contribution in [3.63, 3.8) is 0 Å². The number of aromatic nitrogens is 2. The van der Waals surface area contributed by atoms with E-state index in [-0.39, 0.29) is 0 Å². The summed E-state index contributed by atoms with van der Waals surface area (Å²) in [4.78, 5) is 8.83. The molecule has 1 heterocycles. The molecule has 5 nitrogen and oxygen atoms in total. The van der Waals surface area contributed by atoms with E-state index in [1.165, 1.54) is 6.42 Å². The number of aliphatic hydroxyl groups is 1. The maximum atomic E-state index is 10.7. The monoisotopic (exact) mass is 292 g/mol. The first-order valence-corrected chi connectivity index (χ1v) is 8.06. The van der Waals surface area contributed by atoms with E-state index in [2.05, 4.69) is 34.4 Å². The molecule has 2 atom stereocenters. The molecule has 118 valence electrons. The molecule has 21 heavy (non-hydrogen) atoms. The second-order valence-corrected chi connectivity index (χ2v) is 6.42. The Morgan fingerprint density at radius 3 is 2.90 bits per heavy atom. The zero-order valence-corrected chi connectivity index (χ0v) is 13.4. The van der Waals surface area contributed by atoms with Crippen LogP contribution in [-0.4, -0.2) is 33.8 Å². The highest BCUT2D eigenvalue weighted by atomic mass is 16.3. The largest absolute Gasteiger partial charge is 0.388 e. The Kier molecular flexibility index (Phi) is 5.39. The quantitative estimate of drug-likeness (QED) is 0.752. The summed E-state index contributed by atoms with van der Waals surface area (Å²) in [6, 6.07) is 1.92. The third-order valence-corrected chi connectivity index (χ3v) is 4.05. The van der Waals surface area contributed by atoms with Gasteiger partial charge in [0.2, 0.25) is 5.95 Å². The molecule has 2 rings (SSSR count). The van der Waals surface area contributed by atoms with Gasteiger partial charge >= 0.3 is 0 Å². The fraction of sp³-hybridized carbons (Fsp3) is 0.750. The second-order valence-electron chi connectivity index (χ2n) is 6.42. The van der Waals surface area contributed by atoms with E-state index in [9.17, 15) is 5.11 Å². The molecule has 0 radical (unpaired) electrons. The summed E-state index contributed by atoms with van der Waals surface area (Å²) in [6.07, 6.45) is 5.10. The van der Waals surface area contributed by atoms with Crippen LogP contribution in [0.15, 0.2) is 6.07 Å². The topological polar surface area (TPSA) is 70.1 Å². The maximum Gasteiger partial charge on any atom is 0.224 e. The van der Waals surface area contributed by atoms with Crippen molar-refractivity contribution in [2.75, 3.05) is 23.7 Å². The van der Waals surface area contributed by atoms with Gasteiger partial charge in [0.25, 0.3) is 0 Å². The van der Waals surface area contributed by atoms with E-state index in [4.69, 9.17) is 0 Å². The Morgan fingerprint density at radius 2 is 2.19 bits per heavy atom. The predicted octanol–water partition coefficient (Wildman–Crippen LogP) is 2.96. The zero-order valence-electron chi connectivity index (χ0n) is 13.4. The molecular formula is C16H28N4O. The Bertz CT molecular complexity index is 466. The average molecular weight is 292 g/mol. The number of rotatable bonds is 6. The molecule has 1 aromatic rings. The number of aryl methyl sites for hydroxylation is 1. The van der Waals surface area contributed by atoms with Crippen LogP contribution in [0.2, 0.25) is 0 Å². The first-order valence-electron chi connectivity index (χ1n) is 8.06. The fourth-order valence-corrected chi connectivity index (χ4v) is 3.02. The van der Waals surface area contributed by atoms with Crippen LogP contribution in [0.25, 0.3) is 0 Å². The summed E-state index contributed by atoms with van der Waals surface area (Å²) in [5.74, 6) is 2.04. The highest BCUT2D eigenvalue weighted by Crippen LogP contribution is 2.32. The van der Waals surface area contributed by atoms with E-state index in [0.29, 0.717) is 18.4 Å². The van der Waals surface area contributed by atoms with Crippen molar-refractivity contribution in [2.24, 2.45) is 5.92 Å². The lowest BCUT2D eigenvalue weighted by Crippen LogP contribution is -2.41. The smallest absolute Gasteiger partial charge is 0.224 e. The highest BCUT2D eigenvalue weighted by molar-refractivity contribution is 5.42. The van der Waals surface area contributed by atoms with Crippen LogP contribution in [0, 0.1) is 12.8 Å². The number of nitrogens with one attached hydrogen (secondary N) is 2. The molecule has 2 unspecified atom stereocenters. The lowest BCUT2D eigenvalue weighted by atomic mass is 9.79. The molecule has 1 aliphatic carbocycles. The van der Waals surface area contributed by atoms with Gasteiger partial charge in [-0.2, -0.15) is 4.98 Å². The molecule has 0 saturated heterocycles. The van der Waals surface area contributed by atoms with E-state index in [1.54, 1.807) is 0 Å². The molecule has 1 aliphatic rings. The molecule has 5 heteroatoms.